The molecule has 120 valence electrons. The largest absolute Gasteiger partial charge is 1.00 e. The molecule has 0 saturated carbocycles. The van der Waals surface area contributed by atoms with Crippen molar-refractivity contribution in [1.82, 2.24) is 4.57 Å². The Labute approximate surface area is 149 Å². The summed E-state index contributed by atoms with van der Waals surface area (Å²) in [7, 11) is 0. The van der Waals surface area contributed by atoms with Crippen LogP contribution in [0.15, 0.2) is 79.4 Å². The first-order valence-electron chi connectivity index (χ1n) is 8.05. The summed E-state index contributed by atoms with van der Waals surface area (Å²) in [4.78, 5) is 0. The number of imidazole rings is 1. The van der Waals surface area contributed by atoms with Crippen LogP contribution >= 0.6 is 0 Å². The second-order valence-electron chi connectivity index (χ2n) is 5.68. The van der Waals surface area contributed by atoms with E-state index in [0.29, 0.717) is 0 Å². The third-order valence-electron chi connectivity index (χ3n) is 4.01. The molecule has 0 bridgehead atoms. The highest BCUT2D eigenvalue weighted by molar-refractivity contribution is 5.32. The van der Waals surface area contributed by atoms with Crippen LogP contribution in [-0.2, 0) is 6.54 Å². The van der Waals surface area contributed by atoms with Crippen LogP contribution in [0.3, 0.4) is 0 Å². The van der Waals surface area contributed by atoms with E-state index in [0.717, 1.165) is 6.54 Å². The summed E-state index contributed by atoms with van der Waals surface area (Å²) in [6.45, 7) is 3.31. The van der Waals surface area contributed by atoms with E-state index in [-0.39, 0.29) is 23.0 Å². The summed E-state index contributed by atoms with van der Waals surface area (Å²) in [5.41, 5.74) is 2.62. The van der Waals surface area contributed by atoms with Gasteiger partial charge in [-0.25, -0.2) is 9.13 Å². The zero-order valence-electron chi connectivity index (χ0n) is 13.5. The topological polar surface area (TPSA) is 8.81 Å². The number of aryl methyl sites for hydroxylation is 1. The van der Waals surface area contributed by atoms with E-state index in [9.17, 15) is 0 Å². The Morgan fingerprint density at radius 2 is 1.48 bits per heavy atom. The maximum atomic E-state index is 2.31. The lowest BCUT2D eigenvalue weighted by molar-refractivity contribution is -0.696. The molecule has 0 unspecified atom stereocenters. The molecule has 1 heterocycles. The molecule has 0 amide bonds. The molecule has 0 spiro atoms. The molecular weight excluding hydrogens is 348 g/mol. The zero-order chi connectivity index (χ0) is 15.2. The van der Waals surface area contributed by atoms with E-state index in [1.807, 2.05) is 0 Å². The number of unbranched alkanes of at least 4 members (excludes halogenated alkanes) is 1. The van der Waals surface area contributed by atoms with Crippen molar-refractivity contribution in [1.29, 1.82) is 0 Å². The fourth-order valence-electron chi connectivity index (χ4n) is 2.84. The van der Waals surface area contributed by atoms with Gasteiger partial charge in [-0.05, 0) is 6.42 Å². The van der Waals surface area contributed by atoms with Gasteiger partial charge in [0.2, 0.25) is 6.33 Å². The minimum absolute atomic E-state index is 0. The summed E-state index contributed by atoms with van der Waals surface area (Å²) in [5.74, 6) is 0. The SMILES string of the molecule is CCCC[n+]1ccn(C(c2ccccc2)c2ccccc2)c1.[Br-]. The molecule has 3 heteroatoms. The first-order chi connectivity index (χ1) is 10.9. The Hall–Kier alpha value is -1.87. The van der Waals surface area contributed by atoms with Gasteiger partial charge in [0.25, 0.3) is 0 Å². The quantitative estimate of drug-likeness (QED) is 0.577. The van der Waals surface area contributed by atoms with Crippen LogP contribution in [0.5, 0.6) is 0 Å². The van der Waals surface area contributed by atoms with E-state index in [2.05, 4.69) is 95.4 Å². The standard InChI is InChI=1S/C20H23N2.BrH/c1-2-3-14-21-15-16-22(17-21)20(18-10-6-4-7-11-18)19-12-8-5-9-13-19;/h4-13,15-17,20H,2-3,14H2,1H3;1H/q+1;/p-1. The molecular formula is C20H23BrN2. The lowest BCUT2D eigenvalue weighted by Crippen LogP contribution is -3.00. The van der Waals surface area contributed by atoms with Crippen LogP contribution in [0.4, 0.5) is 0 Å². The summed E-state index contributed by atoms with van der Waals surface area (Å²) in [6.07, 6.45) is 9.02. The summed E-state index contributed by atoms with van der Waals surface area (Å²) in [6, 6.07) is 21.6. The lowest BCUT2D eigenvalue weighted by atomic mass is 9.99. The Bertz CT molecular complexity index is 652. The molecule has 3 aromatic rings. The smallest absolute Gasteiger partial charge is 0.244 e. The van der Waals surface area contributed by atoms with Crippen molar-refractivity contribution in [3.8, 4) is 0 Å². The third kappa shape index (κ3) is 4.32. The number of hydrogen-bond acceptors (Lipinski definition) is 0. The lowest BCUT2D eigenvalue weighted by Gasteiger charge is -2.14. The van der Waals surface area contributed by atoms with Crippen molar-refractivity contribution in [3.05, 3.63) is 90.5 Å². The monoisotopic (exact) mass is 370 g/mol. The molecule has 0 atom stereocenters. The van der Waals surface area contributed by atoms with E-state index >= 15 is 0 Å². The first-order valence-corrected chi connectivity index (χ1v) is 8.05. The number of hydrogen-bond donors (Lipinski definition) is 0. The minimum Gasteiger partial charge on any atom is -1.00 e. The van der Waals surface area contributed by atoms with Crippen molar-refractivity contribution in [2.45, 2.75) is 32.4 Å². The van der Waals surface area contributed by atoms with Gasteiger partial charge in [-0.15, -0.1) is 0 Å². The van der Waals surface area contributed by atoms with Crippen molar-refractivity contribution >= 4 is 0 Å². The number of rotatable bonds is 6. The van der Waals surface area contributed by atoms with Crippen molar-refractivity contribution in [3.63, 3.8) is 0 Å². The van der Waals surface area contributed by atoms with Gasteiger partial charge in [0.05, 0.1) is 6.54 Å². The van der Waals surface area contributed by atoms with Crippen molar-refractivity contribution in [2.24, 2.45) is 0 Å². The van der Waals surface area contributed by atoms with E-state index in [4.69, 9.17) is 0 Å². The fourth-order valence-corrected chi connectivity index (χ4v) is 2.84. The van der Waals surface area contributed by atoms with Gasteiger partial charge in [0.1, 0.15) is 12.4 Å². The Morgan fingerprint density at radius 1 is 0.913 bits per heavy atom. The predicted molar refractivity (Wildman–Crippen MR) is 89.7 cm³/mol. The van der Waals surface area contributed by atoms with Gasteiger partial charge in [0.15, 0.2) is 6.04 Å². The molecule has 0 N–H and O–H groups in total. The maximum absolute atomic E-state index is 2.31. The van der Waals surface area contributed by atoms with Gasteiger partial charge in [-0.3, -0.25) is 0 Å². The highest BCUT2D eigenvalue weighted by atomic mass is 79.9. The van der Waals surface area contributed by atoms with E-state index in [1.165, 1.54) is 24.0 Å². The fraction of sp³-hybridized carbons (Fsp3) is 0.250. The highest BCUT2D eigenvalue weighted by Gasteiger charge is 2.20. The van der Waals surface area contributed by atoms with E-state index in [1.54, 1.807) is 0 Å². The molecule has 0 aliphatic carbocycles. The number of nitrogens with zero attached hydrogens (tertiary/aromatic N) is 2. The van der Waals surface area contributed by atoms with Gasteiger partial charge < -0.3 is 17.0 Å². The van der Waals surface area contributed by atoms with Crippen LogP contribution in [-0.4, -0.2) is 4.57 Å². The first kappa shape index (κ1) is 17.5. The van der Waals surface area contributed by atoms with Gasteiger partial charge >= 0.3 is 0 Å². The van der Waals surface area contributed by atoms with Crippen LogP contribution < -0.4 is 21.5 Å². The van der Waals surface area contributed by atoms with Crippen molar-refractivity contribution < 1.29 is 21.5 Å². The number of aromatic nitrogens is 2. The second-order valence-corrected chi connectivity index (χ2v) is 5.68. The second kappa shape index (κ2) is 8.68. The summed E-state index contributed by atoms with van der Waals surface area (Å²) in [5, 5.41) is 0. The Kier molecular flexibility index (Phi) is 6.60. The maximum Gasteiger partial charge on any atom is 0.244 e. The molecule has 3 rings (SSSR count). The number of halogens is 1. The average Bonchev–Trinajstić information content (AvgIpc) is 3.04. The van der Waals surface area contributed by atoms with Crippen LogP contribution in [0, 0.1) is 0 Å². The van der Waals surface area contributed by atoms with Gasteiger partial charge in [-0.1, -0.05) is 74.0 Å². The van der Waals surface area contributed by atoms with Crippen LogP contribution in [0.2, 0.25) is 0 Å². The summed E-state index contributed by atoms with van der Waals surface area (Å²) < 4.78 is 4.59. The van der Waals surface area contributed by atoms with Gasteiger partial charge in [-0.2, -0.15) is 0 Å². The van der Waals surface area contributed by atoms with Crippen molar-refractivity contribution in [2.75, 3.05) is 0 Å². The van der Waals surface area contributed by atoms with Crippen LogP contribution in [0.25, 0.3) is 0 Å². The molecule has 0 aliphatic rings. The Morgan fingerprint density at radius 3 is 2.00 bits per heavy atom. The minimum atomic E-state index is 0. The third-order valence-corrected chi connectivity index (χ3v) is 4.01. The summed E-state index contributed by atoms with van der Waals surface area (Å²) >= 11 is 0. The number of benzene rings is 2. The molecule has 1 aromatic heterocycles. The normalized spacial score (nSPS) is 10.5. The predicted octanol–water partition coefficient (Wildman–Crippen LogP) is 1.22. The molecule has 2 aromatic carbocycles. The van der Waals surface area contributed by atoms with E-state index < -0.39 is 0 Å². The van der Waals surface area contributed by atoms with Crippen LogP contribution in [0.1, 0.15) is 36.9 Å². The molecule has 2 nitrogen and oxygen atoms in total. The molecule has 23 heavy (non-hydrogen) atoms. The molecule has 0 fully saturated rings. The zero-order valence-corrected chi connectivity index (χ0v) is 15.1. The molecule has 0 radical (unpaired) electrons. The molecule has 0 saturated heterocycles. The molecule has 0 aliphatic heterocycles. The average molecular weight is 371 g/mol. The van der Waals surface area contributed by atoms with Gasteiger partial charge in [0, 0.05) is 11.1 Å². The Balaban J connectivity index is 0.00000192. The highest BCUT2D eigenvalue weighted by Crippen LogP contribution is 2.25.